The van der Waals surface area contributed by atoms with Crippen LogP contribution in [0.2, 0.25) is 5.02 Å². The first-order chi connectivity index (χ1) is 12.2. The van der Waals surface area contributed by atoms with E-state index in [0.29, 0.717) is 28.6 Å². The van der Waals surface area contributed by atoms with E-state index >= 15 is 0 Å². The number of rotatable bonds is 5. The van der Waals surface area contributed by atoms with Crippen molar-refractivity contribution in [3.05, 3.63) is 28.8 Å². The van der Waals surface area contributed by atoms with Gasteiger partial charge in [-0.3, -0.25) is 9.59 Å². The maximum atomic E-state index is 12.7. The van der Waals surface area contributed by atoms with Gasteiger partial charge in [0.15, 0.2) is 0 Å². The second-order valence-electron chi connectivity index (χ2n) is 8.67. The van der Waals surface area contributed by atoms with Crippen molar-refractivity contribution in [2.24, 2.45) is 11.3 Å². The molecule has 0 aliphatic heterocycles. The predicted molar refractivity (Wildman–Crippen MR) is 108 cm³/mol. The molecule has 2 rings (SSSR count). The number of halogens is 1. The molecule has 1 aromatic carbocycles. The molecule has 0 atom stereocenters. The van der Waals surface area contributed by atoms with Gasteiger partial charge < -0.3 is 10.2 Å². The number of benzene rings is 1. The minimum absolute atomic E-state index is 0.0536. The van der Waals surface area contributed by atoms with Crippen LogP contribution in [0.4, 0.5) is 5.69 Å². The molecule has 1 saturated carbocycles. The molecule has 26 heavy (non-hydrogen) atoms. The molecule has 0 unspecified atom stereocenters. The van der Waals surface area contributed by atoms with Gasteiger partial charge in [-0.1, -0.05) is 51.6 Å². The number of hydrogen-bond donors (Lipinski definition) is 1. The molecule has 2 amide bonds. The van der Waals surface area contributed by atoms with Crippen LogP contribution in [0.25, 0.3) is 0 Å². The number of anilines is 1. The monoisotopic (exact) mass is 378 g/mol. The van der Waals surface area contributed by atoms with Crippen molar-refractivity contribution in [1.29, 1.82) is 0 Å². The molecule has 0 spiro atoms. The van der Waals surface area contributed by atoms with Crippen molar-refractivity contribution in [2.45, 2.75) is 59.3 Å². The van der Waals surface area contributed by atoms with Crippen LogP contribution in [-0.4, -0.2) is 30.3 Å². The van der Waals surface area contributed by atoms with Crippen LogP contribution in [0.3, 0.4) is 0 Å². The molecule has 0 radical (unpaired) electrons. The van der Waals surface area contributed by atoms with Crippen molar-refractivity contribution in [3.63, 3.8) is 0 Å². The first-order valence-corrected chi connectivity index (χ1v) is 9.88. The molecule has 0 heterocycles. The zero-order valence-corrected chi connectivity index (χ0v) is 17.2. The molecule has 1 N–H and O–H groups in total. The summed E-state index contributed by atoms with van der Waals surface area (Å²) in [6, 6.07) is 5.10. The fourth-order valence-electron chi connectivity index (χ4n) is 3.50. The number of nitrogens with one attached hydrogen (secondary N) is 1. The normalized spacial score (nSPS) is 15.6. The Morgan fingerprint density at radius 1 is 1.19 bits per heavy atom. The molecular weight excluding hydrogens is 348 g/mol. The van der Waals surface area contributed by atoms with Crippen LogP contribution in [0, 0.1) is 11.3 Å². The second kappa shape index (κ2) is 8.90. The first-order valence-electron chi connectivity index (χ1n) is 9.50. The van der Waals surface area contributed by atoms with E-state index in [0.717, 1.165) is 6.54 Å². The largest absolute Gasteiger partial charge is 0.341 e. The van der Waals surface area contributed by atoms with Gasteiger partial charge in [-0.05, 0) is 42.4 Å². The number of amides is 2. The van der Waals surface area contributed by atoms with Crippen LogP contribution in [-0.2, 0) is 4.79 Å². The number of carbonyl (C=O) groups excluding carboxylic acids is 2. The SMILES string of the molecule is CN(CC1CCCCC1)C(=O)c1ccc(NC(=O)CC(C)(C)C)cc1Cl. The third-order valence-corrected chi connectivity index (χ3v) is 5.09. The van der Waals surface area contributed by atoms with Crippen LogP contribution < -0.4 is 5.32 Å². The summed E-state index contributed by atoms with van der Waals surface area (Å²) in [4.78, 5) is 26.5. The fourth-order valence-corrected chi connectivity index (χ4v) is 3.76. The Morgan fingerprint density at radius 2 is 1.85 bits per heavy atom. The van der Waals surface area contributed by atoms with Crippen molar-refractivity contribution in [2.75, 3.05) is 18.9 Å². The Kier molecular flexibility index (Phi) is 7.10. The Balaban J connectivity index is 1.99. The maximum absolute atomic E-state index is 12.7. The maximum Gasteiger partial charge on any atom is 0.255 e. The van der Waals surface area contributed by atoms with E-state index in [9.17, 15) is 9.59 Å². The lowest BCUT2D eigenvalue weighted by Gasteiger charge is -2.27. The molecule has 144 valence electrons. The van der Waals surface area contributed by atoms with Gasteiger partial charge in [0.2, 0.25) is 5.91 Å². The van der Waals surface area contributed by atoms with Crippen molar-refractivity contribution < 1.29 is 9.59 Å². The summed E-state index contributed by atoms with van der Waals surface area (Å²) in [6.07, 6.45) is 6.65. The summed E-state index contributed by atoms with van der Waals surface area (Å²) >= 11 is 6.33. The molecule has 1 aliphatic carbocycles. The average molecular weight is 379 g/mol. The summed E-state index contributed by atoms with van der Waals surface area (Å²) in [7, 11) is 1.84. The van der Waals surface area contributed by atoms with E-state index in [1.807, 2.05) is 27.8 Å². The average Bonchev–Trinajstić information content (AvgIpc) is 2.53. The van der Waals surface area contributed by atoms with Gasteiger partial charge in [-0.25, -0.2) is 0 Å². The Bertz CT molecular complexity index is 646. The molecule has 0 bridgehead atoms. The Labute approximate surface area is 162 Å². The lowest BCUT2D eigenvalue weighted by molar-refractivity contribution is -0.117. The van der Waals surface area contributed by atoms with Crippen molar-refractivity contribution >= 4 is 29.1 Å². The lowest BCUT2D eigenvalue weighted by Crippen LogP contribution is -2.32. The predicted octanol–water partition coefficient (Wildman–Crippen LogP) is 5.37. The number of hydrogen-bond acceptors (Lipinski definition) is 2. The topological polar surface area (TPSA) is 49.4 Å². The zero-order chi connectivity index (χ0) is 19.3. The van der Waals surface area contributed by atoms with E-state index in [2.05, 4.69) is 5.32 Å². The van der Waals surface area contributed by atoms with E-state index in [4.69, 9.17) is 11.6 Å². The highest BCUT2D eigenvalue weighted by Crippen LogP contribution is 2.27. The van der Waals surface area contributed by atoms with Crippen LogP contribution >= 0.6 is 11.6 Å². The molecule has 0 aromatic heterocycles. The Hall–Kier alpha value is -1.55. The molecule has 4 nitrogen and oxygen atoms in total. The minimum atomic E-state index is -0.0778. The fraction of sp³-hybridized carbons (Fsp3) is 0.619. The van der Waals surface area contributed by atoms with Gasteiger partial charge in [0, 0.05) is 25.7 Å². The summed E-state index contributed by atoms with van der Waals surface area (Å²) < 4.78 is 0. The van der Waals surface area contributed by atoms with E-state index in [-0.39, 0.29) is 17.2 Å². The molecular formula is C21H31ClN2O2. The molecule has 1 aliphatic rings. The van der Waals surface area contributed by atoms with Crippen molar-refractivity contribution in [3.8, 4) is 0 Å². The zero-order valence-electron chi connectivity index (χ0n) is 16.4. The highest BCUT2D eigenvalue weighted by Gasteiger charge is 2.21. The smallest absolute Gasteiger partial charge is 0.255 e. The van der Waals surface area contributed by atoms with Gasteiger partial charge in [-0.15, -0.1) is 0 Å². The van der Waals surface area contributed by atoms with E-state index in [1.165, 1.54) is 32.1 Å². The van der Waals surface area contributed by atoms with Crippen LogP contribution in [0.5, 0.6) is 0 Å². The van der Waals surface area contributed by atoms with Crippen LogP contribution in [0.15, 0.2) is 18.2 Å². The van der Waals surface area contributed by atoms with Crippen molar-refractivity contribution in [1.82, 2.24) is 4.90 Å². The molecule has 1 aromatic rings. The van der Waals surface area contributed by atoms with E-state index in [1.54, 1.807) is 23.1 Å². The highest BCUT2D eigenvalue weighted by atomic mass is 35.5. The summed E-state index contributed by atoms with van der Waals surface area (Å²) in [5.74, 6) is 0.475. The lowest BCUT2D eigenvalue weighted by atomic mass is 9.89. The summed E-state index contributed by atoms with van der Waals surface area (Å²) in [6.45, 7) is 6.83. The van der Waals surface area contributed by atoms with Gasteiger partial charge in [0.25, 0.3) is 5.91 Å². The third kappa shape index (κ3) is 6.31. The van der Waals surface area contributed by atoms with Gasteiger partial charge in [0.1, 0.15) is 0 Å². The molecule has 5 heteroatoms. The van der Waals surface area contributed by atoms with Crippen LogP contribution in [0.1, 0.15) is 69.7 Å². The standard InChI is InChI=1S/C21H31ClN2O2/c1-21(2,3)13-19(25)23-16-10-11-17(18(22)12-16)20(26)24(4)14-15-8-6-5-7-9-15/h10-12,15H,5-9,13-14H2,1-4H3,(H,23,25). The third-order valence-electron chi connectivity index (χ3n) is 4.78. The summed E-state index contributed by atoms with van der Waals surface area (Å²) in [5, 5.41) is 3.23. The van der Waals surface area contributed by atoms with E-state index < -0.39 is 0 Å². The molecule has 1 fully saturated rings. The van der Waals surface area contributed by atoms with Gasteiger partial charge >= 0.3 is 0 Å². The summed E-state index contributed by atoms with van der Waals surface area (Å²) in [5.41, 5.74) is 1.03. The Morgan fingerprint density at radius 3 is 2.42 bits per heavy atom. The number of nitrogens with zero attached hydrogens (tertiary/aromatic N) is 1. The number of carbonyl (C=O) groups is 2. The van der Waals surface area contributed by atoms with Gasteiger partial charge in [0.05, 0.1) is 10.6 Å². The first kappa shape index (κ1) is 20.8. The van der Waals surface area contributed by atoms with Gasteiger partial charge in [-0.2, -0.15) is 0 Å². The second-order valence-corrected chi connectivity index (χ2v) is 9.08. The minimum Gasteiger partial charge on any atom is -0.341 e. The quantitative estimate of drug-likeness (QED) is 0.748. The molecule has 0 saturated heterocycles. The highest BCUT2D eigenvalue weighted by molar-refractivity contribution is 6.34.